The van der Waals surface area contributed by atoms with Gasteiger partial charge in [-0.05, 0) is 58.5 Å². The fraction of sp³-hybridized carbons (Fsp3) is 1.00. The molecule has 19 heavy (non-hydrogen) atoms. The van der Waals surface area contributed by atoms with E-state index >= 15 is 0 Å². The summed E-state index contributed by atoms with van der Waals surface area (Å²) in [6.07, 6.45) is 7.61. The van der Waals surface area contributed by atoms with Crippen LogP contribution in [-0.2, 0) is 4.74 Å². The van der Waals surface area contributed by atoms with Crippen molar-refractivity contribution in [3.05, 3.63) is 0 Å². The van der Waals surface area contributed by atoms with Crippen LogP contribution in [0.1, 0.15) is 66.2 Å². The van der Waals surface area contributed by atoms with Gasteiger partial charge in [-0.3, -0.25) is 4.90 Å². The van der Waals surface area contributed by atoms with Gasteiger partial charge in [-0.25, -0.2) is 0 Å². The quantitative estimate of drug-likeness (QED) is 0.699. The zero-order chi connectivity index (χ0) is 14.3. The van der Waals surface area contributed by atoms with Gasteiger partial charge in [0.05, 0.1) is 6.10 Å². The van der Waals surface area contributed by atoms with Crippen molar-refractivity contribution >= 4 is 0 Å². The molecule has 3 atom stereocenters. The Labute approximate surface area is 119 Å². The third-order valence-electron chi connectivity index (χ3n) is 5.07. The van der Waals surface area contributed by atoms with E-state index in [1.807, 2.05) is 0 Å². The molecule has 1 aliphatic heterocycles. The molecule has 0 spiro atoms. The van der Waals surface area contributed by atoms with Crippen molar-refractivity contribution in [2.24, 2.45) is 5.73 Å². The Balaban J connectivity index is 2.41. The lowest BCUT2D eigenvalue weighted by Gasteiger charge is -2.44. The van der Waals surface area contributed by atoms with Crippen LogP contribution in [0.4, 0.5) is 0 Å². The van der Waals surface area contributed by atoms with Crippen molar-refractivity contribution in [2.45, 2.75) is 83.9 Å². The maximum atomic E-state index is 6.52. The molecule has 0 aliphatic carbocycles. The molecule has 1 heterocycles. The fourth-order valence-electron chi connectivity index (χ4n) is 3.41. The maximum Gasteiger partial charge on any atom is 0.0576 e. The second-order valence-electron chi connectivity index (χ2n) is 6.06. The predicted molar refractivity (Wildman–Crippen MR) is 82.4 cm³/mol. The Morgan fingerprint density at radius 1 is 1.32 bits per heavy atom. The van der Waals surface area contributed by atoms with Gasteiger partial charge < -0.3 is 10.5 Å². The van der Waals surface area contributed by atoms with E-state index in [0.29, 0.717) is 6.10 Å². The van der Waals surface area contributed by atoms with Crippen LogP contribution in [0, 0.1) is 0 Å². The first-order valence-electron chi connectivity index (χ1n) is 8.20. The molecule has 0 aromatic heterocycles. The van der Waals surface area contributed by atoms with E-state index < -0.39 is 0 Å². The number of hydrogen-bond donors (Lipinski definition) is 1. The second-order valence-corrected chi connectivity index (χ2v) is 6.06. The lowest BCUT2D eigenvalue weighted by molar-refractivity contribution is 0.0738. The third kappa shape index (κ3) is 4.44. The highest BCUT2D eigenvalue weighted by Crippen LogP contribution is 2.26. The molecule has 3 nitrogen and oxygen atoms in total. The van der Waals surface area contributed by atoms with E-state index in [4.69, 9.17) is 10.5 Å². The highest BCUT2D eigenvalue weighted by molar-refractivity contribution is 4.94. The van der Waals surface area contributed by atoms with Gasteiger partial charge in [-0.15, -0.1) is 0 Å². The number of likely N-dealkylation sites (N-methyl/N-ethyl adjacent to an activating group) is 1. The number of nitrogens with zero attached hydrogens (tertiary/aromatic N) is 1. The minimum absolute atomic E-state index is 0.139. The maximum absolute atomic E-state index is 6.52. The first-order chi connectivity index (χ1) is 9.08. The summed E-state index contributed by atoms with van der Waals surface area (Å²) in [6, 6.07) is 0.263. The summed E-state index contributed by atoms with van der Waals surface area (Å²) in [7, 11) is 0. The van der Waals surface area contributed by atoms with Gasteiger partial charge in [-0.2, -0.15) is 0 Å². The van der Waals surface area contributed by atoms with Crippen LogP contribution in [0.3, 0.4) is 0 Å². The Bertz CT molecular complexity index is 237. The fourth-order valence-corrected chi connectivity index (χ4v) is 3.41. The standard InChI is InChI=1S/C16H34N2O/c1-5-16(4,18(6-2)7-3)15(17)12-8-10-14-11-9-13-19-14/h14-15H,5-13,17H2,1-4H3. The van der Waals surface area contributed by atoms with Gasteiger partial charge in [0, 0.05) is 18.2 Å². The van der Waals surface area contributed by atoms with E-state index in [0.717, 1.165) is 32.5 Å². The second kappa shape index (κ2) is 8.23. The highest BCUT2D eigenvalue weighted by Gasteiger charge is 2.34. The van der Waals surface area contributed by atoms with Crippen LogP contribution < -0.4 is 5.73 Å². The molecular formula is C16H34N2O. The summed E-state index contributed by atoms with van der Waals surface area (Å²) in [4.78, 5) is 2.52. The van der Waals surface area contributed by atoms with Gasteiger partial charge >= 0.3 is 0 Å². The lowest BCUT2D eigenvalue weighted by atomic mass is 9.84. The van der Waals surface area contributed by atoms with Crippen molar-refractivity contribution in [3.8, 4) is 0 Å². The van der Waals surface area contributed by atoms with E-state index in [-0.39, 0.29) is 11.6 Å². The number of ether oxygens (including phenoxy) is 1. The summed E-state index contributed by atoms with van der Waals surface area (Å²) in [5.74, 6) is 0. The van der Waals surface area contributed by atoms with Crippen LogP contribution in [0.5, 0.6) is 0 Å². The number of hydrogen-bond acceptors (Lipinski definition) is 3. The monoisotopic (exact) mass is 270 g/mol. The lowest BCUT2D eigenvalue weighted by Crippen LogP contribution is -2.57. The van der Waals surface area contributed by atoms with E-state index in [9.17, 15) is 0 Å². The summed E-state index contributed by atoms with van der Waals surface area (Å²) >= 11 is 0. The third-order valence-corrected chi connectivity index (χ3v) is 5.07. The van der Waals surface area contributed by atoms with Crippen LogP contribution in [-0.4, -0.2) is 42.3 Å². The summed E-state index contributed by atoms with van der Waals surface area (Å²) in [5, 5.41) is 0. The van der Waals surface area contributed by atoms with Crippen molar-refractivity contribution in [1.29, 1.82) is 0 Å². The molecule has 3 unspecified atom stereocenters. The molecular weight excluding hydrogens is 236 g/mol. The normalized spacial score (nSPS) is 24.6. The van der Waals surface area contributed by atoms with Gasteiger partial charge in [0.25, 0.3) is 0 Å². The molecule has 0 radical (unpaired) electrons. The molecule has 1 saturated heterocycles. The van der Waals surface area contributed by atoms with Crippen molar-refractivity contribution < 1.29 is 4.74 Å². The molecule has 0 amide bonds. The Morgan fingerprint density at radius 3 is 2.47 bits per heavy atom. The van der Waals surface area contributed by atoms with Crippen molar-refractivity contribution in [2.75, 3.05) is 19.7 Å². The van der Waals surface area contributed by atoms with Gasteiger partial charge in [0.2, 0.25) is 0 Å². The largest absolute Gasteiger partial charge is 0.378 e. The minimum Gasteiger partial charge on any atom is -0.378 e. The molecule has 114 valence electrons. The molecule has 1 aliphatic rings. The topological polar surface area (TPSA) is 38.5 Å². The molecule has 0 aromatic carbocycles. The Hall–Kier alpha value is -0.120. The van der Waals surface area contributed by atoms with Gasteiger partial charge in [0.1, 0.15) is 0 Å². The average molecular weight is 270 g/mol. The van der Waals surface area contributed by atoms with E-state index in [1.165, 1.54) is 25.7 Å². The molecule has 1 fully saturated rings. The van der Waals surface area contributed by atoms with E-state index in [1.54, 1.807) is 0 Å². The zero-order valence-electron chi connectivity index (χ0n) is 13.5. The summed E-state index contributed by atoms with van der Waals surface area (Å²) in [6.45, 7) is 12.2. The smallest absolute Gasteiger partial charge is 0.0576 e. The Morgan fingerprint density at radius 2 is 2.00 bits per heavy atom. The molecule has 1 rings (SSSR count). The summed E-state index contributed by atoms with van der Waals surface area (Å²) in [5.41, 5.74) is 6.66. The minimum atomic E-state index is 0.139. The molecule has 0 aromatic rings. The SMILES string of the molecule is CCN(CC)C(C)(CC)C(N)CCCC1CCCO1. The molecule has 0 bridgehead atoms. The molecule has 3 heteroatoms. The number of nitrogens with two attached hydrogens (primary N) is 1. The van der Waals surface area contributed by atoms with Crippen molar-refractivity contribution in [3.63, 3.8) is 0 Å². The van der Waals surface area contributed by atoms with Crippen LogP contribution in [0.25, 0.3) is 0 Å². The van der Waals surface area contributed by atoms with Crippen LogP contribution in [0.2, 0.25) is 0 Å². The Kier molecular flexibility index (Phi) is 7.33. The first-order valence-corrected chi connectivity index (χ1v) is 8.20. The first kappa shape index (κ1) is 16.9. The molecule has 0 saturated carbocycles. The van der Waals surface area contributed by atoms with Crippen LogP contribution in [0.15, 0.2) is 0 Å². The van der Waals surface area contributed by atoms with Gasteiger partial charge in [-0.1, -0.05) is 20.8 Å². The van der Waals surface area contributed by atoms with E-state index in [2.05, 4.69) is 32.6 Å². The van der Waals surface area contributed by atoms with Crippen LogP contribution >= 0.6 is 0 Å². The average Bonchev–Trinajstić information content (AvgIpc) is 2.92. The number of rotatable bonds is 9. The molecule has 2 N–H and O–H groups in total. The zero-order valence-corrected chi connectivity index (χ0v) is 13.5. The predicted octanol–water partition coefficient (Wildman–Crippen LogP) is 3.17. The van der Waals surface area contributed by atoms with Crippen molar-refractivity contribution in [1.82, 2.24) is 4.90 Å². The highest BCUT2D eigenvalue weighted by atomic mass is 16.5. The summed E-state index contributed by atoms with van der Waals surface area (Å²) < 4.78 is 5.69. The van der Waals surface area contributed by atoms with Gasteiger partial charge in [0.15, 0.2) is 0 Å².